The Morgan fingerprint density at radius 3 is 2.45 bits per heavy atom. The number of hydrogen-bond donors (Lipinski definition) is 0. The highest BCUT2D eigenvalue weighted by Crippen LogP contribution is 2.40. The number of halogens is 1. The number of ether oxygens (including phenoxy) is 1. The first-order chi connectivity index (χ1) is 9.56. The van der Waals surface area contributed by atoms with Gasteiger partial charge in [-0.15, -0.1) is 0 Å². The molecule has 1 nitrogen and oxygen atoms in total. The van der Waals surface area contributed by atoms with Crippen LogP contribution in [0.3, 0.4) is 0 Å². The number of allylic oxidation sites excluding steroid dienone is 2. The highest BCUT2D eigenvalue weighted by atomic mass is 35.5. The molecule has 0 radical (unpaired) electrons. The summed E-state index contributed by atoms with van der Waals surface area (Å²) < 4.78 is 5.91. The molecule has 0 aromatic heterocycles. The molecule has 0 spiro atoms. The Kier molecular flexibility index (Phi) is 7.15. The van der Waals surface area contributed by atoms with E-state index < -0.39 is 0 Å². The van der Waals surface area contributed by atoms with E-state index in [4.69, 9.17) is 16.3 Å². The zero-order valence-corrected chi connectivity index (χ0v) is 14.2. The van der Waals surface area contributed by atoms with E-state index in [2.05, 4.69) is 39.8 Å². The Bertz CT molecular complexity index is 463. The minimum absolute atomic E-state index is 0.469. The van der Waals surface area contributed by atoms with Crippen molar-refractivity contribution in [1.82, 2.24) is 0 Å². The summed E-state index contributed by atoms with van der Waals surface area (Å²) in [5.41, 5.74) is 3.59. The molecule has 1 aromatic carbocycles. The van der Waals surface area contributed by atoms with E-state index in [-0.39, 0.29) is 0 Å². The van der Waals surface area contributed by atoms with Crippen molar-refractivity contribution in [1.29, 1.82) is 0 Å². The quantitative estimate of drug-likeness (QED) is 0.544. The lowest BCUT2D eigenvalue weighted by Gasteiger charge is -2.23. The van der Waals surface area contributed by atoms with Crippen LogP contribution in [0.15, 0.2) is 18.2 Å². The van der Waals surface area contributed by atoms with Gasteiger partial charge >= 0.3 is 0 Å². The first-order valence-electron chi connectivity index (χ1n) is 7.64. The number of rotatable bonds is 7. The fraction of sp³-hybridized carbons (Fsp3) is 0.556. The fourth-order valence-corrected chi connectivity index (χ4v) is 2.88. The van der Waals surface area contributed by atoms with Crippen LogP contribution in [0.25, 0.3) is 0 Å². The Morgan fingerprint density at radius 1 is 1.20 bits per heavy atom. The summed E-state index contributed by atoms with van der Waals surface area (Å²) in [6.45, 7) is 11.3. The highest BCUT2D eigenvalue weighted by molar-refractivity contribution is 6.31. The Hall–Kier alpha value is -0.950. The summed E-state index contributed by atoms with van der Waals surface area (Å²) in [7, 11) is 0. The predicted octanol–water partition coefficient (Wildman–Crippen LogP) is 6.21. The van der Waals surface area contributed by atoms with Gasteiger partial charge in [-0.3, -0.25) is 0 Å². The third kappa shape index (κ3) is 4.02. The molecule has 1 atom stereocenters. The summed E-state index contributed by atoms with van der Waals surface area (Å²) in [6, 6.07) is 2.01. The maximum Gasteiger partial charge on any atom is 0.126 e. The van der Waals surface area contributed by atoms with Gasteiger partial charge in [-0.25, -0.2) is 0 Å². The Balaban J connectivity index is 3.26. The smallest absolute Gasteiger partial charge is 0.126 e. The fourth-order valence-electron chi connectivity index (χ4n) is 2.62. The lowest BCUT2D eigenvalue weighted by molar-refractivity contribution is 0.331. The highest BCUT2D eigenvalue weighted by Gasteiger charge is 2.20. The number of hydrogen-bond acceptors (Lipinski definition) is 1. The standard InChI is InChI=1S/C18H27ClO/c1-6-9-10-11-15(7-2)17-14(5)16(19)12-13(4)18(17)20-8-3/h9-10,12,15H,6-8,11H2,1-5H3/b10-9-. The monoisotopic (exact) mass is 294 g/mol. The van der Waals surface area contributed by atoms with Crippen molar-refractivity contribution in [3.05, 3.63) is 39.9 Å². The second kappa shape index (κ2) is 8.36. The number of aryl methyl sites for hydroxylation is 1. The van der Waals surface area contributed by atoms with Gasteiger partial charge in [0.05, 0.1) is 6.61 Å². The average molecular weight is 295 g/mol. The third-order valence-electron chi connectivity index (χ3n) is 3.72. The summed E-state index contributed by atoms with van der Waals surface area (Å²) in [4.78, 5) is 0. The summed E-state index contributed by atoms with van der Waals surface area (Å²) >= 11 is 6.38. The minimum atomic E-state index is 0.469. The molecular formula is C18H27ClO. The van der Waals surface area contributed by atoms with Crippen LogP contribution in [-0.2, 0) is 0 Å². The molecule has 0 heterocycles. The van der Waals surface area contributed by atoms with Crippen LogP contribution in [0.1, 0.15) is 62.6 Å². The first kappa shape index (κ1) is 17.1. The minimum Gasteiger partial charge on any atom is -0.493 e. The van der Waals surface area contributed by atoms with Crippen LogP contribution in [0.2, 0.25) is 5.02 Å². The predicted molar refractivity (Wildman–Crippen MR) is 89.2 cm³/mol. The molecule has 0 amide bonds. The van der Waals surface area contributed by atoms with Gasteiger partial charge in [0.1, 0.15) is 5.75 Å². The van der Waals surface area contributed by atoms with Crippen LogP contribution in [-0.4, -0.2) is 6.61 Å². The summed E-state index contributed by atoms with van der Waals surface area (Å²) in [5, 5.41) is 0.846. The van der Waals surface area contributed by atoms with E-state index >= 15 is 0 Å². The normalized spacial score (nSPS) is 12.9. The van der Waals surface area contributed by atoms with E-state index in [1.165, 1.54) is 5.56 Å². The maximum absolute atomic E-state index is 6.38. The molecule has 112 valence electrons. The largest absolute Gasteiger partial charge is 0.493 e. The van der Waals surface area contributed by atoms with Gasteiger partial charge in [-0.1, -0.05) is 37.6 Å². The molecule has 0 saturated heterocycles. The van der Waals surface area contributed by atoms with Crippen LogP contribution in [0, 0.1) is 13.8 Å². The lowest BCUT2D eigenvalue weighted by atomic mass is 9.87. The molecular weight excluding hydrogens is 268 g/mol. The van der Waals surface area contributed by atoms with Gasteiger partial charge in [0, 0.05) is 10.6 Å². The van der Waals surface area contributed by atoms with E-state index in [0.717, 1.165) is 41.2 Å². The van der Waals surface area contributed by atoms with E-state index in [9.17, 15) is 0 Å². The lowest BCUT2D eigenvalue weighted by Crippen LogP contribution is -2.06. The second-order valence-electron chi connectivity index (χ2n) is 5.20. The average Bonchev–Trinajstić information content (AvgIpc) is 2.43. The second-order valence-corrected chi connectivity index (χ2v) is 5.60. The zero-order valence-electron chi connectivity index (χ0n) is 13.4. The Labute approximate surface area is 129 Å². The molecule has 0 aliphatic heterocycles. The van der Waals surface area contributed by atoms with Gasteiger partial charge in [-0.05, 0) is 63.1 Å². The van der Waals surface area contributed by atoms with E-state index in [1.807, 2.05) is 13.0 Å². The van der Waals surface area contributed by atoms with Crippen molar-refractivity contribution >= 4 is 11.6 Å². The maximum atomic E-state index is 6.38. The molecule has 1 unspecified atom stereocenters. The zero-order chi connectivity index (χ0) is 15.1. The molecule has 0 N–H and O–H groups in total. The van der Waals surface area contributed by atoms with Crippen LogP contribution in [0.4, 0.5) is 0 Å². The third-order valence-corrected chi connectivity index (χ3v) is 4.11. The van der Waals surface area contributed by atoms with Crippen molar-refractivity contribution in [2.24, 2.45) is 0 Å². The van der Waals surface area contributed by atoms with Crippen molar-refractivity contribution in [3.63, 3.8) is 0 Å². The summed E-state index contributed by atoms with van der Waals surface area (Å²) in [5.74, 6) is 1.50. The van der Waals surface area contributed by atoms with Crippen molar-refractivity contribution in [2.75, 3.05) is 6.61 Å². The molecule has 1 rings (SSSR count). The topological polar surface area (TPSA) is 9.23 Å². The summed E-state index contributed by atoms with van der Waals surface area (Å²) in [6.07, 6.45) is 7.73. The van der Waals surface area contributed by atoms with Crippen molar-refractivity contribution in [2.45, 2.75) is 59.8 Å². The molecule has 0 saturated carbocycles. The Morgan fingerprint density at radius 2 is 1.90 bits per heavy atom. The van der Waals surface area contributed by atoms with Gasteiger partial charge < -0.3 is 4.74 Å². The van der Waals surface area contributed by atoms with E-state index in [0.29, 0.717) is 12.5 Å². The molecule has 0 aliphatic carbocycles. The molecule has 2 heteroatoms. The van der Waals surface area contributed by atoms with Crippen LogP contribution in [0.5, 0.6) is 5.75 Å². The van der Waals surface area contributed by atoms with Gasteiger partial charge in [0.15, 0.2) is 0 Å². The van der Waals surface area contributed by atoms with Crippen LogP contribution >= 0.6 is 11.6 Å². The molecule has 1 aromatic rings. The van der Waals surface area contributed by atoms with Crippen molar-refractivity contribution in [3.8, 4) is 5.75 Å². The molecule has 0 bridgehead atoms. The van der Waals surface area contributed by atoms with Crippen LogP contribution < -0.4 is 4.74 Å². The SMILES string of the molecule is CC/C=C\CC(CC)c1c(C)c(Cl)cc(C)c1OCC. The molecule has 0 aliphatic rings. The van der Waals surface area contributed by atoms with Crippen molar-refractivity contribution < 1.29 is 4.74 Å². The van der Waals surface area contributed by atoms with E-state index in [1.54, 1.807) is 0 Å². The molecule has 0 fully saturated rings. The first-order valence-corrected chi connectivity index (χ1v) is 8.01. The molecule has 20 heavy (non-hydrogen) atoms. The van der Waals surface area contributed by atoms with Gasteiger partial charge in [-0.2, -0.15) is 0 Å². The van der Waals surface area contributed by atoms with Gasteiger partial charge in [0.2, 0.25) is 0 Å². The number of benzene rings is 1. The van der Waals surface area contributed by atoms with Gasteiger partial charge in [0.25, 0.3) is 0 Å².